The monoisotopic (exact) mass is 330 g/mol. The summed E-state index contributed by atoms with van der Waals surface area (Å²) in [6, 6.07) is 7.82. The van der Waals surface area contributed by atoms with Crippen molar-refractivity contribution >= 4 is 17.8 Å². The first-order valence-electron chi connectivity index (χ1n) is 7.21. The maximum Gasteiger partial charge on any atom is 0.310 e. The molecule has 0 saturated carbocycles. The van der Waals surface area contributed by atoms with Crippen LogP contribution in [0.2, 0.25) is 0 Å². The molecule has 0 spiro atoms. The van der Waals surface area contributed by atoms with E-state index >= 15 is 0 Å². The number of nitro groups is 1. The number of benzene rings is 1. The molecular formula is C16H18N4O4. The van der Waals surface area contributed by atoms with Crippen LogP contribution in [0.5, 0.6) is 5.75 Å². The molecule has 0 radical (unpaired) electrons. The zero-order chi connectivity index (χ0) is 17.7. The minimum Gasteiger partial charge on any atom is -0.477 e. The van der Waals surface area contributed by atoms with Crippen molar-refractivity contribution in [1.29, 1.82) is 0 Å². The summed E-state index contributed by atoms with van der Waals surface area (Å²) >= 11 is 0. The number of aromatic nitrogens is 1. The highest BCUT2D eigenvalue weighted by atomic mass is 16.6. The summed E-state index contributed by atoms with van der Waals surface area (Å²) in [5, 5.41) is 14.7. The van der Waals surface area contributed by atoms with Crippen LogP contribution in [0, 0.1) is 24.0 Å². The Hall–Kier alpha value is -3.16. The lowest BCUT2D eigenvalue weighted by Gasteiger charge is -2.05. The van der Waals surface area contributed by atoms with E-state index in [-0.39, 0.29) is 18.0 Å². The minimum atomic E-state index is -0.564. The number of nitrogens with one attached hydrogen (secondary N) is 1. The number of para-hydroxylation sites is 2. The molecule has 0 bridgehead atoms. The number of nitro benzene ring substituents is 1. The molecule has 8 nitrogen and oxygen atoms in total. The number of ether oxygens (including phenoxy) is 1. The van der Waals surface area contributed by atoms with Crippen molar-refractivity contribution in [3.05, 3.63) is 57.4 Å². The number of amides is 1. The predicted octanol–water partition coefficient (Wildman–Crippen LogP) is 2.08. The van der Waals surface area contributed by atoms with Gasteiger partial charge in [0.15, 0.2) is 12.4 Å². The zero-order valence-corrected chi connectivity index (χ0v) is 13.6. The molecule has 1 heterocycles. The molecule has 1 aromatic carbocycles. The Balaban J connectivity index is 1.91. The van der Waals surface area contributed by atoms with E-state index in [0.717, 1.165) is 17.0 Å². The fourth-order valence-corrected chi connectivity index (χ4v) is 2.09. The lowest BCUT2D eigenvalue weighted by Crippen LogP contribution is -2.24. The van der Waals surface area contributed by atoms with Crippen LogP contribution in [0.1, 0.15) is 17.0 Å². The molecule has 0 unspecified atom stereocenters. The van der Waals surface area contributed by atoms with Gasteiger partial charge >= 0.3 is 5.69 Å². The molecule has 1 N–H and O–H groups in total. The first-order chi connectivity index (χ1) is 11.4. The number of hydrazone groups is 1. The van der Waals surface area contributed by atoms with Crippen LogP contribution < -0.4 is 10.2 Å². The molecule has 1 amide bonds. The second kappa shape index (κ2) is 7.40. The lowest BCUT2D eigenvalue weighted by atomic mass is 10.3. The van der Waals surface area contributed by atoms with Crippen molar-refractivity contribution in [2.75, 3.05) is 6.61 Å². The topological polar surface area (TPSA) is 98.8 Å². The molecule has 2 rings (SSSR count). The second-order valence-electron chi connectivity index (χ2n) is 5.19. The van der Waals surface area contributed by atoms with Crippen LogP contribution in [-0.4, -0.2) is 28.2 Å². The number of hydrogen-bond acceptors (Lipinski definition) is 5. The first kappa shape index (κ1) is 17.2. The predicted molar refractivity (Wildman–Crippen MR) is 89.2 cm³/mol. The van der Waals surface area contributed by atoms with Gasteiger partial charge in [-0.2, -0.15) is 5.10 Å². The molecule has 8 heteroatoms. The Kier molecular flexibility index (Phi) is 5.31. The third-order valence-electron chi connectivity index (χ3n) is 3.63. The fourth-order valence-electron chi connectivity index (χ4n) is 2.09. The van der Waals surface area contributed by atoms with Gasteiger partial charge in [-0.25, -0.2) is 5.43 Å². The Morgan fingerprint density at radius 3 is 2.75 bits per heavy atom. The van der Waals surface area contributed by atoms with E-state index in [4.69, 9.17) is 4.74 Å². The third-order valence-corrected chi connectivity index (χ3v) is 3.63. The van der Waals surface area contributed by atoms with Crippen molar-refractivity contribution in [3.8, 4) is 5.75 Å². The standard InChI is InChI=1S/C16H18N4O4/c1-11-8-13(12(2)19(11)3)9-17-18-16(21)10-24-15-7-5-4-6-14(15)20(22)23/h4-9H,10H2,1-3H3,(H,18,21)/b17-9+. The number of carbonyl (C=O) groups is 1. The van der Waals surface area contributed by atoms with Crippen LogP contribution in [0.4, 0.5) is 5.69 Å². The van der Waals surface area contributed by atoms with Crippen LogP contribution in [0.15, 0.2) is 35.4 Å². The minimum absolute atomic E-state index is 0.0381. The number of nitrogens with zero attached hydrogens (tertiary/aromatic N) is 3. The van der Waals surface area contributed by atoms with E-state index in [2.05, 4.69) is 10.5 Å². The van der Waals surface area contributed by atoms with E-state index in [1.165, 1.54) is 18.2 Å². The average molecular weight is 330 g/mol. The third kappa shape index (κ3) is 3.97. The Bertz CT molecular complexity index is 795. The molecule has 0 fully saturated rings. The molecule has 0 atom stereocenters. The molecule has 126 valence electrons. The summed E-state index contributed by atoms with van der Waals surface area (Å²) in [4.78, 5) is 22.0. The van der Waals surface area contributed by atoms with Gasteiger partial charge in [0.1, 0.15) is 0 Å². The van der Waals surface area contributed by atoms with Crippen molar-refractivity contribution in [3.63, 3.8) is 0 Å². The molecule has 0 aliphatic rings. The van der Waals surface area contributed by atoms with Gasteiger partial charge < -0.3 is 9.30 Å². The highest BCUT2D eigenvalue weighted by Gasteiger charge is 2.14. The van der Waals surface area contributed by atoms with Gasteiger partial charge in [-0.3, -0.25) is 14.9 Å². The highest BCUT2D eigenvalue weighted by Crippen LogP contribution is 2.25. The maximum atomic E-state index is 11.7. The van der Waals surface area contributed by atoms with Crippen LogP contribution >= 0.6 is 0 Å². The SMILES string of the molecule is Cc1cc(/C=N/NC(=O)COc2ccccc2[N+](=O)[O-])c(C)n1C. The van der Waals surface area contributed by atoms with Crippen LogP contribution in [0.3, 0.4) is 0 Å². The number of hydrogen-bond donors (Lipinski definition) is 1. The van der Waals surface area contributed by atoms with E-state index in [9.17, 15) is 14.9 Å². The number of aryl methyl sites for hydroxylation is 1. The van der Waals surface area contributed by atoms with E-state index in [1.807, 2.05) is 31.5 Å². The Morgan fingerprint density at radius 2 is 2.12 bits per heavy atom. The quantitative estimate of drug-likeness (QED) is 0.498. The van der Waals surface area contributed by atoms with Crippen molar-refractivity contribution < 1.29 is 14.5 Å². The maximum absolute atomic E-state index is 11.7. The molecule has 1 aromatic heterocycles. The zero-order valence-electron chi connectivity index (χ0n) is 13.6. The first-order valence-corrected chi connectivity index (χ1v) is 7.21. The van der Waals surface area contributed by atoms with Crippen molar-refractivity contribution in [2.24, 2.45) is 12.1 Å². The van der Waals surface area contributed by atoms with Gasteiger partial charge in [0.2, 0.25) is 0 Å². The van der Waals surface area contributed by atoms with Crippen LogP contribution in [0.25, 0.3) is 0 Å². The molecular weight excluding hydrogens is 312 g/mol. The van der Waals surface area contributed by atoms with Gasteiger partial charge in [0.05, 0.1) is 11.1 Å². The summed E-state index contributed by atoms with van der Waals surface area (Å²) in [6.07, 6.45) is 1.55. The van der Waals surface area contributed by atoms with E-state index in [0.29, 0.717) is 0 Å². The summed E-state index contributed by atoms with van der Waals surface area (Å²) in [7, 11) is 1.95. The largest absolute Gasteiger partial charge is 0.477 e. The smallest absolute Gasteiger partial charge is 0.310 e. The van der Waals surface area contributed by atoms with Gasteiger partial charge in [-0.1, -0.05) is 12.1 Å². The molecule has 0 aliphatic carbocycles. The van der Waals surface area contributed by atoms with Crippen molar-refractivity contribution in [1.82, 2.24) is 9.99 Å². The Morgan fingerprint density at radius 1 is 1.42 bits per heavy atom. The molecule has 2 aromatic rings. The van der Waals surface area contributed by atoms with E-state index in [1.54, 1.807) is 12.3 Å². The molecule has 0 saturated heterocycles. The highest BCUT2D eigenvalue weighted by molar-refractivity contribution is 5.84. The molecule has 0 aliphatic heterocycles. The summed E-state index contributed by atoms with van der Waals surface area (Å²) < 4.78 is 7.19. The summed E-state index contributed by atoms with van der Waals surface area (Å²) in [5.41, 5.74) is 5.15. The summed E-state index contributed by atoms with van der Waals surface area (Å²) in [5.74, 6) is -0.467. The number of rotatable bonds is 6. The Labute approximate surface area is 138 Å². The average Bonchev–Trinajstić information content (AvgIpc) is 2.80. The van der Waals surface area contributed by atoms with Gasteiger partial charge in [0, 0.05) is 30.1 Å². The summed E-state index contributed by atoms with van der Waals surface area (Å²) in [6.45, 7) is 3.56. The van der Waals surface area contributed by atoms with Crippen molar-refractivity contribution in [2.45, 2.75) is 13.8 Å². The van der Waals surface area contributed by atoms with Crippen LogP contribution in [-0.2, 0) is 11.8 Å². The van der Waals surface area contributed by atoms with Gasteiger partial charge in [-0.15, -0.1) is 0 Å². The van der Waals surface area contributed by atoms with Gasteiger partial charge in [0.25, 0.3) is 5.91 Å². The number of carbonyl (C=O) groups excluding carboxylic acids is 1. The normalized spacial score (nSPS) is 10.8. The van der Waals surface area contributed by atoms with Gasteiger partial charge in [-0.05, 0) is 26.0 Å². The molecule has 24 heavy (non-hydrogen) atoms. The van der Waals surface area contributed by atoms with E-state index < -0.39 is 10.8 Å². The lowest BCUT2D eigenvalue weighted by molar-refractivity contribution is -0.385. The second-order valence-corrected chi connectivity index (χ2v) is 5.19. The fraction of sp³-hybridized carbons (Fsp3) is 0.250.